The van der Waals surface area contributed by atoms with E-state index in [1.54, 1.807) is 6.20 Å². The number of benzene rings is 1. The zero-order valence-corrected chi connectivity index (χ0v) is 16.0. The van der Waals surface area contributed by atoms with Crippen molar-refractivity contribution in [1.29, 1.82) is 0 Å². The number of hydrogen-bond acceptors (Lipinski definition) is 4. The van der Waals surface area contributed by atoms with Crippen molar-refractivity contribution < 1.29 is 4.79 Å². The molecule has 1 saturated heterocycles. The minimum absolute atomic E-state index is 0.116. The maximum atomic E-state index is 13.0. The lowest BCUT2D eigenvalue weighted by Gasteiger charge is -2.19. The van der Waals surface area contributed by atoms with Crippen LogP contribution < -0.4 is 10.2 Å². The average molecular weight is 375 g/mol. The molecule has 1 aromatic carbocycles. The molecule has 1 amide bonds. The second kappa shape index (κ2) is 7.26. The van der Waals surface area contributed by atoms with Crippen LogP contribution in [0.15, 0.2) is 36.5 Å². The van der Waals surface area contributed by atoms with Crippen molar-refractivity contribution in [2.24, 2.45) is 0 Å². The summed E-state index contributed by atoms with van der Waals surface area (Å²) < 4.78 is 2.33. The van der Waals surface area contributed by atoms with E-state index in [-0.39, 0.29) is 5.91 Å². The molecule has 2 aliphatic rings. The first kappa shape index (κ1) is 17.2. The Morgan fingerprint density at radius 3 is 2.75 bits per heavy atom. The lowest BCUT2D eigenvalue weighted by Crippen LogP contribution is -2.24. The van der Waals surface area contributed by atoms with Gasteiger partial charge in [-0.05, 0) is 56.0 Å². The Kier molecular flexibility index (Phi) is 4.47. The number of imidazole rings is 1. The van der Waals surface area contributed by atoms with E-state index in [1.807, 2.05) is 24.3 Å². The zero-order chi connectivity index (χ0) is 18.9. The van der Waals surface area contributed by atoms with Crippen molar-refractivity contribution in [3.05, 3.63) is 47.9 Å². The molecule has 0 spiro atoms. The molecule has 28 heavy (non-hydrogen) atoms. The topological polar surface area (TPSA) is 63.1 Å². The molecular formula is C22H25N5O. The van der Waals surface area contributed by atoms with Gasteiger partial charge < -0.3 is 14.8 Å². The number of pyridine rings is 1. The van der Waals surface area contributed by atoms with Gasteiger partial charge in [0, 0.05) is 37.9 Å². The lowest BCUT2D eigenvalue weighted by atomic mass is 10.2. The fraction of sp³-hybridized carbons (Fsp3) is 0.409. The van der Waals surface area contributed by atoms with E-state index >= 15 is 0 Å². The Balaban J connectivity index is 1.42. The van der Waals surface area contributed by atoms with E-state index in [4.69, 9.17) is 4.98 Å². The molecule has 144 valence electrons. The molecule has 0 aliphatic carbocycles. The fourth-order valence-corrected chi connectivity index (χ4v) is 4.38. The van der Waals surface area contributed by atoms with Gasteiger partial charge in [-0.1, -0.05) is 6.42 Å². The van der Waals surface area contributed by atoms with Gasteiger partial charge in [0.05, 0.1) is 16.6 Å². The summed E-state index contributed by atoms with van der Waals surface area (Å²) in [6.45, 7) is 2.96. The predicted molar refractivity (Wildman–Crippen MR) is 111 cm³/mol. The summed E-state index contributed by atoms with van der Waals surface area (Å²) in [6.07, 6.45) is 8.77. The van der Waals surface area contributed by atoms with Crippen molar-refractivity contribution in [1.82, 2.24) is 14.5 Å². The number of fused-ring (bicyclic) bond motifs is 3. The van der Waals surface area contributed by atoms with Crippen LogP contribution >= 0.6 is 0 Å². The van der Waals surface area contributed by atoms with Gasteiger partial charge in [-0.2, -0.15) is 0 Å². The Bertz CT molecular complexity index is 1020. The Morgan fingerprint density at radius 1 is 1.00 bits per heavy atom. The molecule has 0 atom stereocenters. The van der Waals surface area contributed by atoms with Gasteiger partial charge >= 0.3 is 0 Å². The summed E-state index contributed by atoms with van der Waals surface area (Å²) in [5.74, 6) is 1.84. The minimum atomic E-state index is -0.116. The second-order valence-corrected chi connectivity index (χ2v) is 7.72. The van der Waals surface area contributed by atoms with Crippen LogP contribution in [0.2, 0.25) is 0 Å². The number of amides is 1. The predicted octanol–water partition coefficient (Wildman–Crippen LogP) is 4.01. The largest absolute Gasteiger partial charge is 0.356 e. The van der Waals surface area contributed by atoms with E-state index in [9.17, 15) is 4.79 Å². The van der Waals surface area contributed by atoms with Crippen LogP contribution in [0, 0.1) is 0 Å². The zero-order valence-electron chi connectivity index (χ0n) is 16.0. The summed E-state index contributed by atoms with van der Waals surface area (Å²) in [5.41, 5.74) is 3.53. The molecule has 0 unspecified atom stereocenters. The number of carbonyl (C=O) groups is 1. The number of aryl methyl sites for hydroxylation is 2. The molecule has 2 aromatic heterocycles. The standard InChI is InChI=1S/C22H25N5O/c28-22(17-7-6-11-23-21(17)26-12-4-5-13-26)24-16-9-10-19-18(15-16)25-20-8-2-1-3-14-27(19)20/h6-7,9-11,15H,1-5,8,12-14H2,(H,24,28). The van der Waals surface area contributed by atoms with Gasteiger partial charge in [0.1, 0.15) is 11.6 Å². The van der Waals surface area contributed by atoms with Crippen molar-refractivity contribution in [2.75, 3.05) is 23.3 Å². The van der Waals surface area contributed by atoms with E-state index < -0.39 is 0 Å². The highest BCUT2D eigenvalue weighted by Gasteiger charge is 2.21. The Morgan fingerprint density at radius 2 is 1.86 bits per heavy atom. The van der Waals surface area contributed by atoms with E-state index in [1.165, 1.54) is 25.1 Å². The number of carbonyl (C=O) groups excluding carboxylic acids is 1. The third-order valence-electron chi connectivity index (χ3n) is 5.80. The summed E-state index contributed by atoms with van der Waals surface area (Å²) in [4.78, 5) is 24.5. The highest BCUT2D eigenvalue weighted by molar-refractivity contribution is 6.08. The summed E-state index contributed by atoms with van der Waals surface area (Å²) in [5, 5.41) is 3.05. The van der Waals surface area contributed by atoms with Gasteiger partial charge in [-0.15, -0.1) is 0 Å². The third-order valence-corrected chi connectivity index (χ3v) is 5.80. The quantitative estimate of drug-likeness (QED) is 0.751. The van der Waals surface area contributed by atoms with Gasteiger partial charge in [0.25, 0.3) is 5.91 Å². The van der Waals surface area contributed by atoms with Crippen molar-refractivity contribution in [3.63, 3.8) is 0 Å². The highest BCUT2D eigenvalue weighted by atomic mass is 16.1. The molecule has 6 heteroatoms. The highest BCUT2D eigenvalue weighted by Crippen LogP contribution is 2.26. The van der Waals surface area contributed by atoms with Gasteiger partial charge in [-0.3, -0.25) is 4.79 Å². The number of nitrogens with one attached hydrogen (secondary N) is 1. The average Bonchev–Trinajstić information content (AvgIpc) is 3.30. The van der Waals surface area contributed by atoms with E-state index in [0.717, 1.165) is 61.4 Å². The first-order valence-corrected chi connectivity index (χ1v) is 10.3. The second-order valence-electron chi connectivity index (χ2n) is 7.72. The number of rotatable bonds is 3. The van der Waals surface area contributed by atoms with Crippen LogP contribution in [0.5, 0.6) is 0 Å². The SMILES string of the molecule is O=C(Nc1ccc2c(c1)nc1n2CCCCC1)c1cccnc1N1CCCC1. The third kappa shape index (κ3) is 3.13. The Hall–Kier alpha value is -2.89. The summed E-state index contributed by atoms with van der Waals surface area (Å²) >= 11 is 0. The molecule has 3 aromatic rings. The first-order valence-electron chi connectivity index (χ1n) is 10.3. The van der Waals surface area contributed by atoms with Gasteiger partial charge in [0.2, 0.25) is 0 Å². The van der Waals surface area contributed by atoms with E-state index in [2.05, 4.69) is 25.8 Å². The molecule has 1 fully saturated rings. The molecule has 4 heterocycles. The van der Waals surface area contributed by atoms with Crippen LogP contribution in [0.3, 0.4) is 0 Å². The van der Waals surface area contributed by atoms with Crippen molar-refractivity contribution in [3.8, 4) is 0 Å². The maximum absolute atomic E-state index is 13.0. The van der Waals surface area contributed by atoms with Crippen LogP contribution in [0.1, 0.15) is 48.3 Å². The van der Waals surface area contributed by atoms with Crippen LogP contribution in [-0.4, -0.2) is 33.5 Å². The van der Waals surface area contributed by atoms with Crippen molar-refractivity contribution >= 4 is 28.4 Å². The number of hydrogen-bond donors (Lipinski definition) is 1. The summed E-state index contributed by atoms with van der Waals surface area (Å²) in [7, 11) is 0. The number of nitrogens with zero attached hydrogens (tertiary/aromatic N) is 4. The summed E-state index contributed by atoms with van der Waals surface area (Å²) in [6, 6.07) is 9.72. The molecule has 1 N–H and O–H groups in total. The molecule has 0 radical (unpaired) electrons. The number of aromatic nitrogens is 3. The fourth-order valence-electron chi connectivity index (χ4n) is 4.38. The molecule has 5 rings (SSSR count). The smallest absolute Gasteiger partial charge is 0.259 e. The minimum Gasteiger partial charge on any atom is -0.356 e. The van der Waals surface area contributed by atoms with Gasteiger partial charge in [0.15, 0.2) is 0 Å². The van der Waals surface area contributed by atoms with Gasteiger partial charge in [-0.25, -0.2) is 9.97 Å². The molecule has 2 aliphatic heterocycles. The van der Waals surface area contributed by atoms with Crippen LogP contribution in [0.4, 0.5) is 11.5 Å². The molecule has 0 saturated carbocycles. The number of anilines is 2. The normalized spacial score (nSPS) is 16.8. The molecule has 6 nitrogen and oxygen atoms in total. The molecule has 0 bridgehead atoms. The molecular weight excluding hydrogens is 350 g/mol. The maximum Gasteiger partial charge on any atom is 0.259 e. The monoisotopic (exact) mass is 375 g/mol. The van der Waals surface area contributed by atoms with Crippen LogP contribution in [-0.2, 0) is 13.0 Å². The lowest BCUT2D eigenvalue weighted by molar-refractivity contribution is 0.102. The van der Waals surface area contributed by atoms with Crippen LogP contribution in [0.25, 0.3) is 11.0 Å². The Labute approximate surface area is 164 Å². The first-order chi connectivity index (χ1) is 13.8. The van der Waals surface area contributed by atoms with E-state index in [0.29, 0.717) is 5.56 Å². The van der Waals surface area contributed by atoms with Crippen molar-refractivity contribution in [2.45, 2.75) is 45.1 Å².